The van der Waals surface area contributed by atoms with Gasteiger partial charge in [-0.25, -0.2) is 4.79 Å². The number of amides is 1. The lowest BCUT2D eigenvalue weighted by Crippen LogP contribution is -2.41. The molecule has 1 N–H and O–H groups in total. The van der Waals surface area contributed by atoms with E-state index in [2.05, 4.69) is 18.5 Å². The quantitative estimate of drug-likeness (QED) is 0.319. The number of unbranched alkanes of at least 4 members (excludes halogenated alkanes) is 4. The standard InChI is InChI=1S/C22H31NO3/c1-4-7-8-9-10-11-15-18-16-12-13-17-19(18)21(24)23-20(14-5-2)22(25)26-6-3/h4-5,12-13,16-17,20H,1-2,6-11,14-15H2,3H3,(H,23,24)/t20-/m0/s1. The van der Waals surface area contributed by atoms with Crippen molar-refractivity contribution in [3.63, 3.8) is 0 Å². The molecule has 1 aromatic rings. The van der Waals surface area contributed by atoms with Gasteiger partial charge in [-0.3, -0.25) is 4.79 Å². The third-order valence-electron chi connectivity index (χ3n) is 4.15. The van der Waals surface area contributed by atoms with Crippen LogP contribution in [-0.4, -0.2) is 24.5 Å². The van der Waals surface area contributed by atoms with Crippen molar-refractivity contribution in [1.82, 2.24) is 5.32 Å². The van der Waals surface area contributed by atoms with Crippen molar-refractivity contribution in [3.8, 4) is 0 Å². The molecule has 0 heterocycles. The van der Waals surface area contributed by atoms with E-state index in [9.17, 15) is 9.59 Å². The first-order valence-corrected chi connectivity index (χ1v) is 9.41. The summed E-state index contributed by atoms with van der Waals surface area (Å²) in [6, 6.07) is 6.86. The Balaban J connectivity index is 2.68. The lowest BCUT2D eigenvalue weighted by atomic mass is 9.99. The summed E-state index contributed by atoms with van der Waals surface area (Å²) in [5.41, 5.74) is 1.63. The lowest BCUT2D eigenvalue weighted by Gasteiger charge is -2.17. The zero-order chi connectivity index (χ0) is 19.2. The molecule has 0 aliphatic rings. The van der Waals surface area contributed by atoms with Crippen molar-refractivity contribution in [1.29, 1.82) is 0 Å². The fourth-order valence-electron chi connectivity index (χ4n) is 2.78. The summed E-state index contributed by atoms with van der Waals surface area (Å²) in [4.78, 5) is 24.7. The summed E-state index contributed by atoms with van der Waals surface area (Å²) < 4.78 is 5.03. The van der Waals surface area contributed by atoms with Gasteiger partial charge in [-0.2, -0.15) is 0 Å². The maximum atomic E-state index is 12.7. The van der Waals surface area contributed by atoms with Gasteiger partial charge in [-0.05, 0) is 50.7 Å². The topological polar surface area (TPSA) is 55.4 Å². The van der Waals surface area contributed by atoms with Crippen molar-refractivity contribution >= 4 is 11.9 Å². The van der Waals surface area contributed by atoms with Crippen LogP contribution in [0.2, 0.25) is 0 Å². The fraction of sp³-hybridized carbons (Fsp3) is 0.455. The van der Waals surface area contributed by atoms with Gasteiger partial charge in [-0.1, -0.05) is 43.2 Å². The van der Waals surface area contributed by atoms with Crippen LogP contribution in [0.5, 0.6) is 0 Å². The van der Waals surface area contributed by atoms with Crippen molar-refractivity contribution in [2.75, 3.05) is 6.61 Å². The maximum absolute atomic E-state index is 12.7. The molecular formula is C22H31NO3. The van der Waals surface area contributed by atoms with E-state index in [1.165, 1.54) is 6.42 Å². The van der Waals surface area contributed by atoms with Crippen LogP contribution in [0.4, 0.5) is 0 Å². The number of carbonyl (C=O) groups is 2. The van der Waals surface area contributed by atoms with Crippen LogP contribution in [0.1, 0.15) is 61.4 Å². The summed E-state index contributed by atoms with van der Waals surface area (Å²) in [6.45, 7) is 9.41. The number of aryl methyl sites for hydroxylation is 1. The number of nitrogens with one attached hydrogen (secondary N) is 1. The predicted octanol–water partition coefficient (Wildman–Crippen LogP) is 4.60. The molecule has 0 fully saturated rings. The van der Waals surface area contributed by atoms with E-state index >= 15 is 0 Å². The second kappa shape index (κ2) is 12.9. The van der Waals surface area contributed by atoms with Gasteiger partial charge in [0, 0.05) is 5.56 Å². The van der Waals surface area contributed by atoms with Crippen molar-refractivity contribution in [2.24, 2.45) is 0 Å². The van der Waals surface area contributed by atoms with Crippen LogP contribution in [0.15, 0.2) is 49.6 Å². The second-order valence-electron chi connectivity index (χ2n) is 6.20. The molecule has 0 radical (unpaired) electrons. The fourth-order valence-corrected chi connectivity index (χ4v) is 2.78. The number of allylic oxidation sites excluding steroid dienone is 1. The first-order valence-electron chi connectivity index (χ1n) is 9.41. The lowest BCUT2D eigenvalue weighted by molar-refractivity contribution is -0.145. The third kappa shape index (κ3) is 7.68. The molecule has 0 spiro atoms. The Morgan fingerprint density at radius 2 is 1.85 bits per heavy atom. The summed E-state index contributed by atoms with van der Waals surface area (Å²) >= 11 is 0. The number of esters is 1. The van der Waals surface area contributed by atoms with E-state index in [0.29, 0.717) is 12.0 Å². The Morgan fingerprint density at radius 3 is 2.54 bits per heavy atom. The van der Waals surface area contributed by atoms with Gasteiger partial charge in [-0.15, -0.1) is 13.2 Å². The summed E-state index contributed by atoms with van der Waals surface area (Å²) in [5.74, 6) is -0.674. The Hall–Kier alpha value is -2.36. The van der Waals surface area contributed by atoms with Gasteiger partial charge >= 0.3 is 5.97 Å². The molecule has 0 aliphatic heterocycles. The Kier molecular flexibility index (Phi) is 10.8. The van der Waals surface area contributed by atoms with Crippen molar-refractivity contribution in [3.05, 3.63) is 60.7 Å². The minimum Gasteiger partial charge on any atom is -0.464 e. The SMILES string of the molecule is C=CCCCCCCc1ccccc1C(=O)N[C@@H](CC=C)C(=O)OCC. The van der Waals surface area contributed by atoms with Gasteiger partial charge in [0.05, 0.1) is 6.61 Å². The van der Waals surface area contributed by atoms with Crippen LogP contribution in [0.3, 0.4) is 0 Å². The van der Waals surface area contributed by atoms with Gasteiger partial charge in [0.25, 0.3) is 5.91 Å². The molecule has 0 unspecified atom stereocenters. The number of hydrogen-bond acceptors (Lipinski definition) is 3. The Morgan fingerprint density at radius 1 is 1.12 bits per heavy atom. The van der Waals surface area contributed by atoms with Gasteiger partial charge in [0.15, 0.2) is 0 Å². The molecule has 1 rings (SSSR count). The van der Waals surface area contributed by atoms with E-state index in [1.54, 1.807) is 19.1 Å². The summed E-state index contributed by atoms with van der Waals surface area (Å²) in [5, 5.41) is 2.78. The number of rotatable bonds is 13. The molecular weight excluding hydrogens is 326 g/mol. The highest BCUT2D eigenvalue weighted by Crippen LogP contribution is 2.14. The zero-order valence-corrected chi connectivity index (χ0v) is 15.8. The summed E-state index contributed by atoms with van der Waals surface area (Å²) in [6.07, 6.45) is 10.3. The van der Waals surface area contributed by atoms with Crippen LogP contribution in [0, 0.1) is 0 Å². The van der Waals surface area contributed by atoms with Crippen LogP contribution in [0.25, 0.3) is 0 Å². The van der Waals surface area contributed by atoms with Crippen molar-refractivity contribution in [2.45, 2.75) is 57.9 Å². The highest BCUT2D eigenvalue weighted by atomic mass is 16.5. The van der Waals surface area contributed by atoms with E-state index in [-0.39, 0.29) is 12.5 Å². The molecule has 0 aliphatic carbocycles. The molecule has 0 aromatic heterocycles. The average Bonchev–Trinajstić information content (AvgIpc) is 2.64. The van der Waals surface area contributed by atoms with Gasteiger partial charge in [0.2, 0.25) is 0 Å². The minimum atomic E-state index is -0.702. The smallest absolute Gasteiger partial charge is 0.328 e. The molecule has 4 heteroatoms. The van der Waals surface area contributed by atoms with Crippen LogP contribution >= 0.6 is 0 Å². The van der Waals surface area contributed by atoms with Crippen molar-refractivity contribution < 1.29 is 14.3 Å². The predicted molar refractivity (Wildman–Crippen MR) is 106 cm³/mol. The van der Waals surface area contributed by atoms with Gasteiger partial charge in [0.1, 0.15) is 6.04 Å². The molecule has 142 valence electrons. The van der Waals surface area contributed by atoms with E-state index in [1.807, 2.05) is 24.3 Å². The zero-order valence-electron chi connectivity index (χ0n) is 15.8. The number of benzene rings is 1. The molecule has 26 heavy (non-hydrogen) atoms. The number of ether oxygens (including phenoxy) is 1. The molecule has 4 nitrogen and oxygen atoms in total. The molecule has 1 aromatic carbocycles. The Bertz CT molecular complexity index is 595. The first-order chi connectivity index (χ1) is 12.6. The highest BCUT2D eigenvalue weighted by molar-refractivity contribution is 5.98. The molecule has 0 saturated heterocycles. The minimum absolute atomic E-state index is 0.243. The highest BCUT2D eigenvalue weighted by Gasteiger charge is 2.22. The molecule has 0 saturated carbocycles. The number of hydrogen-bond donors (Lipinski definition) is 1. The first kappa shape index (κ1) is 21.7. The van der Waals surface area contributed by atoms with Crippen LogP contribution < -0.4 is 5.32 Å². The largest absolute Gasteiger partial charge is 0.464 e. The molecule has 1 atom stereocenters. The van der Waals surface area contributed by atoms with E-state index < -0.39 is 12.0 Å². The van der Waals surface area contributed by atoms with Crippen LogP contribution in [-0.2, 0) is 16.0 Å². The average molecular weight is 357 g/mol. The number of carbonyl (C=O) groups excluding carboxylic acids is 2. The van der Waals surface area contributed by atoms with Gasteiger partial charge < -0.3 is 10.1 Å². The Labute approximate surface area is 157 Å². The maximum Gasteiger partial charge on any atom is 0.328 e. The normalized spacial score (nSPS) is 11.4. The van der Waals surface area contributed by atoms with E-state index in [4.69, 9.17) is 4.74 Å². The third-order valence-corrected chi connectivity index (χ3v) is 4.15. The summed E-state index contributed by atoms with van der Waals surface area (Å²) in [7, 11) is 0. The molecule has 0 bridgehead atoms. The monoisotopic (exact) mass is 357 g/mol. The second-order valence-corrected chi connectivity index (χ2v) is 6.20. The molecule has 1 amide bonds. The van der Waals surface area contributed by atoms with E-state index in [0.717, 1.165) is 37.7 Å².